The molecule has 0 fully saturated rings. The van der Waals surface area contributed by atoms with Crippen LogP contribution >= 0.6 is 0 Å². The van der Waals surface area contributed by atoms with Crippen molar-refractivity contribution < 1.29 is 0 Å². The van der Waals surface area contributed by atoms with Gasteiger partial charge in [0.25, 0.3) is 0 Å². The molecule has 0 aromatic heterocycles. The maximum atomic E-state index is 2.42. The average molecular weight is 685 g/mol. The molecule has 0 aliphatic rings. The molecule has 10 rings (SSSR count). The van der Waals surface area contributed by atoms with Gasteiger partial charge in [0.1, 0.15) is 0 Å². The Bertz CT molecular complexity index is 2740. The summed E-state index contributed by atoms with van der Waals surface area (Å²) < 4.78 is 0. The second kappa shape index (κ2) is 13.5. The zero-order chi connectivity index (χ0) is 35.8. The van der Waals surface area contributed by atoms with Gasteiger partial charge in [0, 0.05) is 0 Å². The fourth-order valence-electron chi connectivity index (χ4n) is 8.34. The number of rotatable bonds is 6. The minimum absolute atomic E-state index is 1.21. The van der Waals surface area contributed by atoms with Crippen LogP contribution in [0.2, 0.25) is 0 Å². The van der Waals surface area contributed by atoms with Crippen molar-refractivity contribution in [3.05, 3.63) is 218 Å². The normalized spacial score (nSPS) is 11.3. The van der Waals surface area contributed by atoms with Gasteiger partial charge in [0.15, 0.2) is 0 Å². The lowest BCUT2D eigenvalue weighted by atomic mass is 9.82. The van der Waals surface area contributed by atoms with Gasteiger partial charge in [-0.2, -0.15) is 0 Å². The van der Waals surface area contributed by atoms with Crippen molar-refractivity contribution in [1.29, 1.82) is 0 Å². The lowest BCUT2D eigenvalue weighted by Gasteiger charge is -2.21. The van der Waals surface area contributed by atoms with Crippen molar-refractivity contribution in [2.24, 2.45) is 0 Å². The number of fused-ring (bicyclic) bond motifs is 3. The van der Waals surface area contributed by atoms with Crippen LogP contribution in [0.25, 0.3) is 99.1 Å². The topological polar surface area (TPSA) is 0 Å². The number of hydrogen-bond acceptors (Lipinski definition) is 0. The third-order valence-electron chi connectivity index (χ3n) is 10.8. The van der Waals surface area contributed by atoms with Gasteiger partial charge in [0.2, 0.25) is 0 Å². The van der Waals surface area contributed by atoms with Crippen molar-refractivity contribution in [1.82, 2.24) is 0 Å². The summed E-state index contributed by atoms with van der Waals surface area (Å²) in [7, 11) is 0. The van der Waals surface area contributed by atoms with Crippen LogP contribution < -0.4 is 0 Å². The third kappa shape index (κ3) is 5.57. The van der Waals surface area contributed by atoms with Crippen LogP contribution in [0.5, 0.6) is 0 Å². The fraction of sp³-hybridized carbons (Fsp3) is 0. The highest BCUT2D eigenvalue weighted by molar-refractivity contribution is 6.24. The van der Waals surface area contributed by atoms with Crippen molar-refractivity contribution in [2.75, 3.05) is 0 Å². The molecule has 0 nitrogen and oxygen atoms in total. The van der Waals surface area contributed by atoms with E-state index in [1.807, 2.05) is 0 Å². The summed E-state index contributed by atoms with van der Waals surface area (Å²) in [6, 6.07) is 79.8. The van der Waals surface area contributed by atoms with Gasteiger partial charge >= 0.3 is 0 Å². The molecule has 0 bridgehead atoms. The molecule has 0 aliphatic heterocycles. The third-order valence-corrected chi connectivity index (χ3v) is 10.8. The molecular weight excluding hydrogens is 649 g/mol. The molecule has 0 spiro atoms. The molecule has 10 aromatic rings. The predicted octanol–water partition coefficient (Wildman–Crippen LogP) is 15.1. The van der Waals surface area contributed by atoms with Gasteiger partial charge in [-0.15, -0.1) is 0 Å². The molecule has 0 amide bonds. The van der Waals surface area contributed by atoms with E-state index in [1.54, 1.807) is 0 Å². The molecule has 0 saturated carbocycles. The Morgan fingerprint density at radius 1 is 0.185 bits per heavy atom. The molecule has 0 heteroatoms. The Balaban J connectivity index is 1.29. The summed E-state index contributed by atoms with van der Waals surface area (Å²) in [5.41, 5.74) is 14.7. The minimum Gasteiger partial charge on any atom is -0.0622 e. The molecule has 0 radical (unpaired) electrons. The first-order valence-corrected chi connectivity index (χ1v) is 18.7. The monoisotopic (exact) mass is 684 g/mol. The van der Waals surface area contributed by atoms with Crippen LogP contribution in [0.4, 0.5) is 0 Å². The first-order chi connectivity index (χ1) is 26.8. The van der Waals surface area contributed by atoms with Crippen LogP contribution in [-0.2, 0) is 0 Å². The van der Waals surface area contributed by atoms with E-state index in [-0.39, 0.29) is 0 Å². The predicted molar refractivity (Wildman–Crippen MR) is 232 cm³/mol. The SMILES string of the molecule is c1ccc(-c2ccc(-c3c4ccccc4c(-c4ccc(-c5ccccc5)c(-c5ccccc5)c4)c4cc5ccccc5cc34)cc2-c2ccccc2)cc1. The van der Waals surface area contributed by atoms with E-state index >= 15 is 0 Å². The zero-order valence-electron chi connectivity index (χ0n) is 29.8. The van der Waals surface area contributed by atoms with E-state index in [0.717, 1.165) is 0 Å². The van der Waals surface area contributed by atoms with Gasteiger partial charge in [-0.3, -0.25) is 0 Å². The maximum Gasteiger partial charge on any atom is -0.00259 e. The lowest BCUT2D eigenvalue weighted by Crippen LogP contribution is -1.94. The summed E-state index contributed by atoms with van der Waals surface area (Å²) in [5.74, 6) is 0. The van der Waals surface area contributed by atoms with Crippen molar-refractivity contribution in [3.63, 3.8) is 0 Å². The molecule has 252 valence electrons. The molecule has 0 aliphatic carbocycles. The van der Waals surface area contributed by atoms with Gasteiger partial charge in [0.05, 0.1) is 0 Å². The Kier molecular flexibility index (Phi) is 7.93. The van der Waals surface area contributed by atoms with Gasteiger partial charge in [-0.05, 0) is 123 Å². The Hall–Kier alpha value is -7.02. The first kappa shape index (κ1) is 31.7. The van der Waals surface area contributed by atoms with E-state index in [1.165, 1.54) is 99.1 Å². The molecule has 0 atom stereocenters. The van der Waals surface area contributed by atoms with Gasteiger partial charge in [-0.1, -0.05) is 194 Å². The van der Waals surface area contributed by atoms with Crippen LogP contribution in [-0.4, -0.2) is 0 Å². The molecule has 0 saturated heterocycles. The van der Waals surface area contributed by atoms with E-state index in [9.17, 15) is 0 Å². The molecule has 10 aromatic carbocycles. The highest BCUT2D eigenvalue weighted by Gasteiger charge is 2.20. The van der Waals surface area contributed by atoms with Crippen molar-refractivity contribution in [3.8, 4) is 66.8 Å². The Morgan fingerprint density at radius 3 is 0.870 bits per heavy atom. The van der Waals surface area contributed by atoms with Crippen LogP contribution in [0.1, 0.15) is 0 Å². The Labute approximate surface area is 316 Å². The summed E-state index contributed by atoms with van der Waals surface area (Å²) in [6.07, 6.45) is 0. The smallest absolute Gasteiger partial charge is 0.00259 e. The van der Waals surface area contributed by atoms with E-state index in [4.69, 9.17) is 0 Å². The fourth-order valence-corrected chi connectivity index (χ4v) is 8.34. The maximum absolute atomic E-state index is 2.42. The highest BCUT2D eigenvalue weighted by Crippen LogP contribution is 2.48. The van der Waals surface area contributed by atoms with Crippen molar-refractivity contribution >= 4 is 32.3 Å². The quantitative estimate of drug-likeness (QED) is 0.153. The zero-order valence-corrected chi connectivity index (χ0v) is 29.8. The summed E-state index contributed by atoms with van der Waals surface area (Å²) in [6.45, 7) is 0. The molecular formula is C54H36. The summed E-state index contributed by atoms with van der Waals surface area (Å²) in [4.78, 5) is 0. The first-order valence-electron chi connectivity index (χ1n) is 18.7. The highest BCUT2D eigenvalue weighted by atomic mass is 14.2. The van der Waals surface area contributed by atoms with E-state index in [2.05, 4.69) is 218 Å². The second-order valence-electron chi connectivity index (χ2n) is 14.0. The second-order valence-corrected chi connectivity index (χ2v) is 14.0. The summed E-state index contributed by atoms with van der Waals surface area (Å²) >= 11 is 0. The number of hydrogen-bond donors (Lipinski definition) is 0. The largest absolute Gasteiger partial charge is 0.0622 e. The van der Waals surface area contributed by atoms with Crippen molar-refractivity contribution in [2.45, 2.75) is 0 Å². The van der Waals surface area contributed by atoms with E-state index in [0.29, 0.717) is 0 Å². The number of benzene rings is 10. The standard InChI is InChI=1S/C54H36/c1-5-17-37(18-6-1)45-31-29-43(35-49(45)39-21-9-3-10-22-39)53-47-27-15-16-28-48(47)54(52-34-42-26-14-13-25-41(42)33-51(52)53)44-30-32-46(38-19-7-2-8-20-38)50(36-44)40-23-11-4-12-24-40/h1-36H. The summed E-state index contributed by atoms with van der Waals surface area (Å²) in [5, 5.41) is 7.47. The minimum atomic E-state index is 1.21. The molecule has 0 N–H and O–H groups in total. The van der Waals surface area contributed by atoms with Gasteiger partial charge in [-0.25, -0.2) is 0 Å². The molecule has 0 unspecified atom stereocenters. The Morgan fingerprint density at radius 2 is 0.500 bits per heavy atom. The molecule has 54 heavy (non-hydrogen) atoms. The lowest BCUT2D eigenvalue weighted by molar-refractivity contribution is 1.57. The van der Waals surface area contributed by atoms with Crippen LogP contribution in [0, 0.1) is 0 Å². The van der Waals surface area contributed by atoms with Crippen LogP contribution in [0.3, 0.4) is 0 Å². The molecule has 0 heterocycles. The average Bonchev–Trinajstić information content (AvgIpc) is 3.26. The van der Waals surface area contributed by atoms with Crippen LogP contribution in [0.15, 0.2) is 218 Å². The van der Waals surface area contributed by atoms with Gasteiger partial charge < -0.3 is 0 Å². The van der Waals surface area contributed by atoms with E-state index < -0.39 is 0 Å².